The Bertz CT molecular complexity index is 413. The van der Waals surface area contributed by atoms with Crippen LogP contribution < -0.4 is 10.1 Å². The molecule has 1 atom stereocenters. The molecule has 0 bridgehead atoms. The van der Waals surface area contributed by atoms with Gasteiger partial charge in [0.05, 0.1) is 19.1 Å². The first-order valence-corrected chi connectivity index (χ1v) is 7.71. The number of nitrogens with one attached hydrogen (secondary N) is 1. The van der Waals surface area contributed by atoms with Crippen molar-refractivity contribution >= 4 is 5.91 Å². The molecule has 0 spiro atoms. The molecule has 0 heterocycles. The molecule has 4 nitrogen and oxygen atoms in total. The fourth-order valence-corrected chi connectivity index (χ4v) is 2.20. The lowest BCUT2D eigenvalue weighted by Crippen LogP contribution is -2.36. The Labute approximate surface area is 127 Å². The van der Waals surface area contributed by atoms with Gasteiger partial charge < -0.3 is 15.2 Å². The van der Waals surface area contributed by atoms with Gasteiger partial charge in [0.1, 0.15) is 5.75 Å². The van der Waals surface area contributed by atoms with Gasteiger partial charge in [0.2, 0.25) is 5.91 Å². The van der Waals surface area contributed by atoms with E-state index in [9.17, 15) is 9.90 Å². The number of benzene rings is 1. The standard InChI is InChI=1S/C17H27NO3/c1-4-14(5-2)16(19)12-18-17(20)10-11-21-15-8-6-13(3)7-9-15/h6-9,14,16,19H,4-5,10-12H2,1-3H3,(H,18,20). The van der Waals surface area contributed by atoms with Gasteiger partial charge in [0.15, 0.2) is 0 Å². The molecule has 0 saturated carbocycles. The van der Waals surface area contributed by atoms with Gasteiger partial charge in [-0.3, -0.25) is 4.79 Å². The lowest BCUT2D eigenvalue weighted by Gasteiger charge is -2.20. The molecule has 2 N–H and O–H groups in total. The van der Waals surface area contributed by atoms with Gasteiger partial charge in [0, 0.05) is 6.54 Å². The number of aryl methyl sites for hydroxylation is 1. The summed E-state index contributed by atoms with van der Waals surface area (Å²) in [7, 11) is 0. The highest BCUT2D eigenvalue weighted by molar-refractivity contribution is 5.76. The van der Waals surface area contributed by atoms with Crippen LogP contribution in [0.15, 0.2) is 24.3 Å². The fourth-order valence-electron chi connectivity index (χ4n) is 2.20. The monoisotopic (exact) mass is 293 g/mol. The average Bonchev–Trinajstić information content (AvgIpc) is 2.48. The van der Waals surface area contributed by atoms with Crippen LogP contribution in [0.2, 0.25) is 0 Å². The maximum Gasteiger partial charge on any atom is 0.223 e. The minimum atomic E-state index is -0.470. The summed E-state index contributed by atoms with van der Waals surface area (Å²) < 4.78 is 5.50. The van der Waals surface area contributed by atoms with Crippen LogP contribution >= 0.6 is 0 Å². The molecule has 118 valence electrons. The number of carbonyl (C=O) groups excluding carboxylic acids is 1. The second kappa shape index (κ2) is 9.40. The first kappa shape index (κ1) is 17.5. The highest BCUT2D eigenvalue weighted by Gasteiger charge is 2.16. The second-order valence-corrected chi connectivity index (χ2v) is 5.36. The van der Waals surface area contributed by atoms with Crippen LogP contribution in [0.4, 0.5) is 0 Å². The third kappa shape index (κ3) is 6.63. The van der Waals surface area contributed by atoms with E-state index in [4.69, 9.17) is 4.74 Å². The van der Waals surface area contributed by atoms with Gasteiger partial charge in [-0.1, -0.05) is 44.4 Å². The summed E-state index contributed by atoms with van der Waals surface area (Å²) in [5.41, 5.74) is 1.18. The number of hydrogen-bond acceptors (Lipinski definition) is 3. The van der Waals surface area contributed by atoms with Crippen LogP contribution in [0.5, 0.6) is 5.75 Å². The number of ether oxygens (including phenoxy) is 1. The van der Waals surface area contributed by atoms with Gasteiger partial charge in [-0.25, -0.2) is 0 Å². The van der Waals surface area contributed by atoms with Gasteiger partial charge in [-0.2, -0.15) is 0 Å². The van der Waals surface area contributed by atoms with E-state index in [2.05, 4.69) is 19.2 Å². The van der Waals surface area contributed by atoms with Crippen molar-refractivity contribution in [2.45, 2.75) is 46.1 Å². The van der Waals surface area contributed by atoms with Crippen molar-refractivity contribution in [3.8, 4) is 5.75 Å². The van der Waals surface area contributed by atoms with E-state index in [-0.39, 0.29) is 11.8 Å². The van der Waals surface area contributed by atoms with Crippen molar-refractivity contribution in [1.29, 1.82) is 0 Å². The Morgan fingerprint density at radius 2 is 1.86 bits per heavy atom. The van der Waals surface area contributed by atoms with Crippen LogP contribution in [0, 0.1) is 12.8 Å². The summed E-state index contributed by atoms with van der Waals surface area (Å²) in [5.74, 6) is 0.923. The van der Waals surface area contributed by atoms with Crippen LogP contribution in [0.1, 0.15) is 38.7 Å². The smallest absolute Gasteiger partial charge is 0.223 e. The van der Waals surface area contributed by atoms with Crippen molar-refractivity contribution in [1.82, 2.24) is 5.32 Å². The Hall–Kier alpha value is -1.55. The summed E-state index contributed by atoms with van der Waals surface area (Å²) in [4.78, 5) is 11.7. The molecule has 0 radical (unpaired) electrons. The number of rotatable bonds is 9. The molecule has 21 heavy (non-hydrogen) atoms. The lowest BCUT2D eigenvalue weighted by molar-refractivity contribution is -0.122. The summed E-state index contributed by atoms with van der Waals surface area (Å²) in [5, 5.41) is 12.7. The largest absolute Gasteiger partial charge is 0.493 e. The number of aliphatic hydroxyl groups is 1. The molecule has 1 aromatic rings. The van der Waals surface area contributed by atoms with Gasteiger partial charge in [0.25, 0.3) is 0 Å². The quantitative estimate of drug-likeness (QED) is 0.736. The van der Waals surface area contributed by atoms with Gasteiger partial charge in [-0.05, 0) is 25.0 Å². The maximum atomic E-state index is 11.7. The predicted octanol–water partition coefficient (Wildman–Crippen LogP) is 2.68. The summed E-state index contributed by atoms with van der Waals surface area (Å²) in [6.45, 7) is 6.78. The molecule has 0 aliphatic rings. The lowest BCUT2D eigenvalue weighted by atomic mass is 9.96. The fraction of sp³-hybridized carbons (Fsp3) is 0.588. The van der Waals surface area contributed by atoms with E-state index < -0.39 is 6.10 Å². The molecule has 0 saturated heterocycles. The van der Waals surface area contributed by atoms with Crippen molar-refractivity contribution in [2.75, 3.05) is 13.2 Å². The van der Waals surface area contributed by atoms with E-state index in [0.29, 0.717) is 19.6 Å². The zero-order chi connectivity index (χ0) is 15.7. The molecule has 0 aliphatic heterocycles. The second-order valence-electron chi connectivity index (χ2n) is 5.36. The van der Waals surface area contributed by atoms with Crippen molar-refractivity contribution in [2.24, 2.45) is 5.92 Å². The molecule has 0 aromatic heterocycles. The highest BCUT2D eigenvalue weighted by Crippen LogP contribution is 2.13. The van der Waals surface area contributed by atoms with Gasteiger partial charge in [-0.15, -0.1) is 0 Å². The SMILES string of the molecule is CCC(CC)C(O)CNC(=O)CCOc1ccc(C)cc1. The molecular formula is C17H27NO3. The molecule has 1 rings (SSSR count). The predicted molar refractivity (Wildman–Crippen MR) is 84.4 cm³/mol. The Kier molecular flexibility index (Phi) is 7.83. The van der Waals surface area contributed by atoms with Crippen molar-refractivity contribution < 1.29 is 14.6 Å². The summed E-state index contributed by atoms with van der Waals surface area (Å²) >= 11 is 0. The minimum Gasteiger partial charge on any atom is -0.493 e. The zero-order valence-corrected chi connectivity index (χ0v) is 13.3. The topological polar surface area (TPSA) is 58.6 Å². The van der Waals surface area contributed by atoms with Crippen LogP contribution in [0.3, 0.4) is 0 Å². The Balaban J connectivity index is 2.20. The highest BCUT2D eigenvalue weighted by atomic mass is 16.5. The average molecular weight is 293 g/mol. The molecule has 1 unspecified atom stereocenters. The molecule has 0 aliphatic carbocycles. The zero-order valence-electron chi connectivity index (χ0n) is 13.3. The van der Waals surface area contributed by atoms with E-state index >= 15 is 0 Å². The third-order valence-electron chi connectivity index (χ3n) is 3.72. The third-order valence-corrected chi connectivity index (χ3v) is 3.72. The Morgan fingerprint density at radius 3 is 2.43 bits per heavy atom. The van der Waals surface area contributed by atoms with Gasteiger partial charge >= 0.3 is 0 Å². The first-order chi connectivity index (χ1) is 10.1. The van der Waals surface area contributed by atoms with Crippen LogP contribution in [0.25, 0.3) is 0 Å². The van der Waals surface area contributed by atoms with Crippen molar-refractivity contribution in [3.05, 3.63) is 29.8 Å². The minimum absolute atomic E-state index is 0.0906. The van der Waals surface area contributed by atoms with Crippen molar-refractivity contribution in [3.63, 3.8) is 0 Å². The molecular weight excluding hydrogens is 266 g/mol. The van der Waals surface area contributed by atoms with E-state index in [1.54, 1.807) is 0 Å². The number of amides is 1. The number of carbonyl (C=O) groups is 1. The van der Waals surface area contributed by atoms with E-state index in [1.807, 2.05) is 31.2 Å². The number of hydrogen-bond donors (Lipinski definition) is 2. The Morgan fingerprint density at radius 1 is 1.24 bits per heavy atom. The first-order valence-electron chi connectivity index (χ1n) is 7.71. The normalized spacial score (nSPS) is 12.2. The van der Waals surface area contributed by atoms with E-state index in [0.717, 1.165) is 18.6 Å². The van der Waals surface area contributed by atoms with Crippen LogP contribution in [-0.4, -0.2) is 30.3 Å². The summed E-state index contributed by atoms with van der Waals surface area (Å²) in [6.07, 6.45) is 1.67. The molecule has 1 aromatic carbocycles. The van der Waals surface area contributed by atoms with Crippen LogP contribution in [-0.2, 0) is 4.79 Å². The molecule has 4 heteroatoms. The molecule has 0 fully saturated rings. The summed E-state index contributed by atoms with van der Waals surface area (Å²) in [6, 6.07) is 7.73. The maximum absolute atomic E-state index is 11.7. The molecule has 1 amide bonds. The van der Waals surface area contributed by atoms with E-state index in [1.165, 1.54) is 5.56 Å². The number of aliphatic hydroxyl groups excluding tert-OH is 1.